The molecule has 10 heteroatoms. The van der Waals surface area contributed by atoms with E-state index >= 15 is 4.39 Å². The number of aromatic nitrogens is 4. The Morgan fingerprint density at radius 1 is 0.857 bits per heavy atom. The highest BCUT2D eigenvalue weighted by molar-refractivity contribution is 6.11. The van der Waals surface area contributed by atoms with Gasteiger partial charge in [0.2, 0.25) is 0 Å². The number of benzene rings is 3. The molecular formula is C25H14F3N5O2. The molecule has 0 radical (unpaired) electrons. The average molecular weight is 473 g/mol. The summed E-state index contributed by atoms with van der Waals surface area (Å²) in [7, 11) is 0. The first-order chi connectivity index (χ1) is 16.9. The molecule has 1 amide bonds. The van der Waals surface area contributed by atoms with Crippen LogP contribution in [-0.4, -0.2) is 31.9 Å². The number of ketones is 1. The molecule has 0 saturated heterocycles. The number of hydrogen-bond donors (Lipinski definition) is 2. The van der Waals surface area contributed by atoms with Crippen molar-refractivity contribution in [2.45, 2.75) is 0 Å². The van der Waals surface area contributed by atoms with Gasteiger partial charge in [0.15, 0.2) is 23.2 Å². The van der Waals surface area contributed by atoms with Gasteiger partial charge in [-0.3, -0.25) is 19.7 Å². The second-order valence-electron chi connectivity index (χ2n) is 7.52. The van der Waals surface area contributed by atoms with Crippen molar-refractivity contribution < 1.29 is 22.8 Å². The molecule has 0 aliphatic heterocycles. The van der Waals surface area contributed by atoms with E-state index < -0.39 is 29.1 Å². The van der Waals surface area contributed by atoms with Crippen molar-refractivity contribution in [1.82, 2.24) is 20.2 Å². The minimum absolute atomic E-state index is 0.166. The molecule has 5 rings (SSSR count). The molecule has 2 heterocycles. The van der Waals surface area contributed by atoms with Gasteiger partial charge in [-0.1, -0.05) is 6.07 Å². The molecule has 35 heavy (non-hydrogen) atoms. The van der Waals surface area contributed by atoms with Gasteiger partial charge in [-0.15, -0.1) is 0 Å². The molecule has 172 valence electrons. The minimum atomic E-state index is -1.21. The molecule has 5 aromatic rings. The first-order valence-corrected chi connectivity index (χ1v) is 10.3. The Labute approximate surface area is 195 Å². The van der Waals surface area contributed by atoms with Crippen LogP contribution in [0.2, 0.25) is 0 Å². The van der Waals surface area contributed by atoms with Gasteiger partial charge >= 0.3 is 0 Å². The minimum Gasteiger partial charge on any atom is -0.319 e. The Bertz CT molecular complexity index is 1600. The zero-order valence-electron chi connectivity index (χ0n) is 17.7. The van der Waals surface area contributed by atoms with Crippen molar-refractivity contribution in [2.75, 3.05) is 5.32 Å². The Morgan fingerprint density at radius 2 is 1.69 bits per heavy atom. The Kier molecular flexibility index (Phi) is 5.54. The van der Waals surface area contributed by atoms with Gasteiger partial charge in [-0.05, 0) is 48.5 Å². The number of carbonyl (C=O) groups excluding carboxylic acids is 2. The van der Waals surface area contributed by atoms with Gasteiger partial charge in [0, 0.05) is 22.9 Å². The molecule has 0 unspecified atom stereocenters. The number of aromatic amines is 1. The third-order valence-corrected chi connectivity index (χ3v) is 5.27. The van der Waals surface area contributed by atoms with Crippen molar-refractivity contribution in [2.24, 2.45) is 0 Å². The molecule has 0 fully saturated rings. The topological polar surface area (TPSA) is 101 Å². The van der Waals surface area contributed by atoms with E-state index in [9.17, 15) is 18.4 Å². The Hall–Kier alpha value is -4.86. The smallest absolute Gasteiger partial charge is 0.255 e. The first kappa shape index (κ1) is 22.0. The first-order valence-electron chi connectivity index (χ1n) is 10.3. The van der Waals surface area contributed by atoms with E-state index in [4.69, 9.17) is 0 Å². The number of hydrogen-bond acceptors (Lipinski definition) is 5. The molecule has 7 nitrogen and oxygen atoms in total. The maximum atomic E-state index is 15.2. The molecule has 0 bridgehead atoms. The summed E-state index contributed by atoms with van der Waals surface area (Å²) in [5.74, 6) is -4.79. The second-order valence-corrected chi connectivity index (χ2v) is 7.52. The van der Waals surface area contributed by atoms with E-state index in [-0.39, 0.29) is 22.4 Å². The molecule has 3 aromatic carbocycles. The van der Waals surface area contributed by atoms with Crippen molar-refractivity contribution in [3.63, 3.8) is 0 Å². The van der Waals surface area contributed by atoms with E-state index in [1.807, 2.05) is 0 Å². The van der Waals surface area contributed by atoms with Crippen LogP contribution in [0.4, 0.5) is 18.9 Å². The molecule has 0 aliphatic rings. The van der Waals surface area contributed by atoms with E-state index in [0.29, 0.717) is 28.4 Å². The number of nitrogens with one attached hydrogen (secondary N) is 2. The van der Waals surface area contributed by atoms with Crippen LogP contribution in [0.5, 0.6) is 0 Å². The predicted molar refractivity (Wildman–Crippen MR) is 121 cm³/mol. The Morgan fingerprint density at radius 3 is 2.46 bits per heavy atom. The fourth-order valence-electron chi connectivity index (χ4n) is 3.47. The van der Waals surface area contributed by atoms with Crippen LogP contribution in [0.1, 0.15) is 26.3 Å². The third kappa shape index (κ3) is 4.24. The molecular weight excluding hydrogens is 459 g/mol. The van der Waals surface area contributed by atoms with E-state index in [1.54, 1.807) is 24.7 Å². The quantitative estimate of drug-likeness (QED) is 0.353. The lowest BCUT2D eigenvalue weighted by Crippen LogP contribution is -2.15. The van der Waals surface area contributed by atoms with Crippen molar-refractivity contribution in [1.29, 1.82) is 0 Å². The molecule has 0 aliphatic carbocycles. The SMILES string of the molecule is O=C(Nc1cccc(C(=O)c2ccc3ncc(-c4cn[nH]c4)nc3c2)c1F)c1ccc(F)c(F)c1. The lowest BCUT2D eigenvalue weighted by molar-refractivity contribution is 0.101. The van der Waals surface area contributed by atoms with E-state index in [1.165, 1.54) is 30.3 Å². The summed E-state index contributed by atoms with van der Waals surface area (Å²) in [6.45, 7) is 0. The number of anilines is 1. The number of amides is 1. The van der Waals surface area contributed by atoms with Gasteiger partial charge < -0.3 is 5.32 Å². The number of H-pyrrole nitrogens is 1. The maximum Gasteiger partial charge on any atom is 0.255 e. The summed E-state index contributed by atoms with van der Waals surface area (Å²) in [5.41, 5.74) is 1.62. The standard InChI is InChI=1S/C25H14F3N5O2/c26-17-6-4-14(8-18(17)27)25(35)33-20-3-1-2-16(23(20)28)24(34)13-5-7-19-21(9-13)32-22(12-29-19)15-10-30-31-11-15/h1-12H,(H,30,31)(H,33,35). The number of rotatable bonds is 5. The zero-order chi connectivity index (χ0) is 24.5. The van der Waals surface area contributed by atoms with Gasteiger partial charge in [-0.25, -0.2) is 18.2 Å². The largest absolute Gasteiger partial charge is 0.319 e. The highest BCUT2D eigenvalue weighted by atomic mass is 19.2. The summed E-state index contributed by atoms with van der Waals surface area (Å²) in [4.78, 5) is 34.3. The van der Waals surface area contributed by atoms with E-state index in [0.717, 1.165) is 12.1 Å². The maximum absolute atomic E-state index is 15.2. The fraction of sp³-hybridized carbons (Fsp3) is 0. The highest BCUT2D eigenvalue weighted by Gasteiger charge is 2.19. The normalized spacial score (nSPS) is 10.9. The van der Waals surface area contributed by atoms with Crippen LogP contribution in [0.3, 0.4) is 0 Å². The fourth-order valence-corrected chi connectivity index (χ4v) is 3.47. The summed E-state index contributed by atoms with van der Waals surface area (Å²) < 4.78 is 41.8. The summed E-state index contributed by atoms with van der Waals surface area (Å²) >= 11 is 0. The molecule has 2 N–H and O–H groups in total. The van der Waals surface area contributed by atoms with Crippen molar-refractivity contribution in [3.8, 4) is 11.3 Å². The van der Waals surface area contributed by atoms with Gasteiger partial charge in [0.25, 0.3) is 5.91 Å². The van der Waals surface area contributed by atoms with Crippen LogP contribution in [0.15, 0.2) is 73.2 Å². The molecule has 0 saturated carbocycles. The predicted octanol–water partition coefficient (Wildman–Crippen LogP) is 4.92. The molecule has 2 aromatic heterocycles. The summed E-state index contributed by atoms with van der Waals surface area (Å²) in [6, 6.07) is 11.1. The summed E-state index contributed by atoms with van der Waals surface area (Å²) in [5, 5.41) is 8.85. The highest BCUT2D eigenvalue weighted by Crippen LogP contribution is 2.24. The number of fused-ring (bicyclic) bond motifs is 1. The molecule has 0 atom stereocenters. The van der Waals surface area contributed by atoms with Crippen LogP contribution < -0.4 is 5.32 Å². The lowest BCUT2D eigenvalue weighted by atomic mass is 10.0. The summed E-state index contributed by atoms with van der Waals surface area (Å²) in [6.07, 6.45) is 4.81. The van der Waals surface area contributed by atoms with Crippen LogP contribution in [0, 0.1) is 17.5 Å². The number of carbonyl (C=O) groups is 2. The average Bonchev–Trinajstić information content (AvgIpc) is 3.41. The van der Waals surface area contributed by atoms with Gasteiger partial charge in [-0.2, -0.15) is 5.10 Å². The lowest BCUT2D eigenvalue weighted by Gasteiger charge is -2.10. The van der Waals surface area contributed by atoms with Crippen LogP contribution in [0.25, 0.3) is 22.3 Å². The Balaban J connectivity index is 1.45. The van der Waals surface area contributed by atoms with E-state index in [2.05, 4.69) is 25.5 Å². The van der Waals surface area contributed by atoms with Crippen molar-refractivity contribution in [3.05, 3.63) is 107 Å². The van der Waals surface area contributed by atoms with Crippen LogP contribution in [-0.2, 0) is 0 Å². The number of halogens is 3. The van der Waals surface area contributed by atoms with Crippen LogP contribution >= 0.6 is 0 Å². The van der Waals surface area contributed by atoms with Gasteiger partial charge in [0.1, 0.15) is 0 Å². The monoisotopic (exact) mass is 473 g/mol. The van der Waals surface area contributed by atoms with Crippen molar-refractivity contribution >= 4 is 28.4 Å². The number of nitrogens with zero attached hydrogens (tertiary/aromatic N) is 3. The molecule has 0 spiro atoms. The third-order valence-electron chi connectivity index (χ3n) is 5.27. The zero-order valence-corrected chi connectivity index (χ0v) is 17.7. The van der Waals surface area contributed by atoms with Gasteiger partial charge in [0.05, 0.1) is 40.4 Å². The second kappa shape index (κ2) is 8.82.